The summed E-state index contributed by atoms with van der Waals surface area (Å²) >= 11 is 1.49. The predicted octanol–water partition coefficient (Wildman–Crippen LogP) is 13.7. The highest BCUT2D eigenvalue weighted by molar-refractivity contribution is 7.94. The van der Waals surface area contributed by atoms with Gasteiger partial charge >= 0.3 is 0 Å². The van der Waals surface area contributed by atoms with E-state index in [1.807, 2.05) is 70.2 Å². The second kappa shape index (κ2) is 21.4. The molecule has 0 spiro atoms. The van der Waals surface area contributed by atoms with Crippen LogP contribution in [0.2, 0.25) is 0 Å². The quantitative estimate of drug-likeness (QED) is 0.0134. The molecule has 6 N–H and O–H groups in total. The van der Waals surface area contributed by atoms with Gasteiger partial charge < -0.3 is 25.6 Å². The standard InChI is InChI=1S/C46H41N11O9S2/c1-25-16-37(52-54-45-44(68-66-64-60)20-29-19-31(11-14-35(29)46(45)58)48-24-62-33-12-9-30(47)10-13-33)26(2)15-36(25)49-53-42-18-28(4)39(23-43(42)61-5)51-50-38-22-41-40(17-27(38)3)55-57(56-41)32-7-6-8-34(21-32)67-65-63-59/h6-23,48,58-60H,24,47H2,1-5H3. The molecule has 0 unspecified atom stereocenters. The largest absolute Gasteiger partial charge is 0.505 e. The molecule has 22 heteroatoms. The molecule has 0 amide bonds. The number of anilines is 2. The molecule has 0 radical (unpaired) electrons. The Morgan fingerprint density at radius 3 is 1.94 bits per heavy atom. The zero-order chi connectivity index (χ0) is 47.7. The molecule has 20 nitrogen and oxygen atoms in total. The van der Waals surface area contributed by atoms with Gasteiger partial charge in [-0.1, -0.05) is 16.1 Å². The summed E-state index contributed by atoms with van der Waals surface area (Å²) < 4.78 is 20.7. The maximum Gasteiger partial charge on any atom is 0.159 e. The number of rotatable bonds is 18. The average molecular weight is 956 g/mol. The van der Waals surface area contributed by atoms with E-state index in [2.05, 4.69) is 60.6 Å². The minimum Gasteiger partial charge on any atom is -0.505 e. The fourth-order valence-electron chi connectivity index (χ4n) is 6.77. The number of ether oxygens (including phenoxy) is 2. The molecule has 1 aromatic heterocycles. The van der Waals surface area contributed by atoms with Gasteiger partial charge in [-0.2, -0.15) is 25.3 Å². The van der Waals surface area contributed by atoms with Gasteiger partial charge in [0, 0.05) is 27.7 Å². The first kappa shape index (κ1) is 47.0. The van der Waals surface area contributed by atoms with Crippen LogP contribution in [0.4, 0.5) is 45.5 Å². The van der Waals surface area contributed by atoms with Crippen molar-refractivity contribution in [3.63, 3.8) is 0 Å². The van der Waals surface area contributed by atoms with Gasteiger partial charge in [-0.05, 0) is 152 Å². The zero-order valence-corrected chi connectivity index (χ0v) is 38.4. The predicted molar refractivity (Wildman–Crippen MR) is 257 cm³/mol. The van der Waals surface area contributed by atoms with Gasteiger partial charge in [0.25, 0.3) is 0 Å². The first-order chi connectivity index (χ1) is 33.0. The minimum atomic E-state index is -0.156. The minimum absolute atomic E-state index is 0.0973. The van der Waals surface area contributed by atoms with E-state index >= 15 is 0 Å². The molecule has 7 aromatic carbocycles. The Bertz CT molecular complexity index is 3220. The van der Waals surface area contributed by atoms with Crippen molar-refractivity contribution in [2.75, 3.05) is 24.9 Å². The number of aromatic nitrogens is 3. The Kier molecular flexibility index (Phi) is 14.8. The number of aromatic hydroxyl groups is 1. The number of benzene rings is 7. The summed E-state index contributed by atoms with van der Waals surface area (Å²) in [5.74, 6) is 0.935. The van der Waals surface area contributed by atoms with Crippen molar-refractivity contribution in [2.24, 2.45) is 30.7 Å². The van der Waals surface area contributed by atoms with Crippen molar-refractivity contribution >= 4 is 91.4 Å². The monoisotopic (exact) mass is 955 g/mol. The van der Waals surface area contributed by atoms with E-state index in [4.69, 9.17) is 30.1 Å². The third kappa shape index (κ3) is 11.0. The van der Waals surface area contributed by atoms with E-state index in [0.29, 0.717) is 95.0 Å². The molecular formula is C46H41N11O9S2. The Morgan fingerprint density at radius 1 is 0.647 bits per heavy atom. The van der Waals surface area contributed by atoms with Gasteiger partial charge in [0.15, 0.2) is 12.5 Å². The number of nitrogens with two attached hydrogens (primary N) is 1. The Balaban J connectivity index is 0.976. The van der Waals surface area contributed by atoms with Gasteiger partial charge in [0.1, 0.15) is 33.9 Å². The van der Waals surface area contributed by atoms with E-state index in [1.54, 1.807) is 73.8 Å². The van der Waals surface area contributed by atoms with Crippen LogP contribution in [0.15, 0.2) is 150 Å². The summed E-state index contributed by atoms with van der Waals surface area (Å²) in [5.41, 5.74) is 15.1. The Hall–Kier alpha value is -7.54. The lowest BCUT2D eigenvalue weighted by atomic mass is 10.1. The van der Waals surface area contributed by atoms with Gasteiger partial charge in [0.05, 0.1) is 64.5 Å². The molecule has 0 saturated carbocycles. The highest BCUT2D eigenvalue weighted by Gasteiger charge is 2.17. The molecule has 0 aliphatic heterocycles. The smallest absolute Gasteiger partial charge is 0.159 e. The number of phenolic OH excluding ortho intramolecular Hbond substituents is 1. The number of fused-ring (bicyclic) bond motifs is 2. The van der Waals surface area contributed by atoms with Crippen molar-refractivity contribution in [2.45, 2.75) is 37.5 Å². The van der Waals surface area contributed by atoms with E-state index in [-0.39, 0.29) is 18.2 Å². The van der Waals surface area contributed by atoms with Crippen LogP contribution in [0.1, 0.15) is 22.3 Å². The maximum absolute atomic E-state index is 11.4. The highest BCUT2D eigenvalue weighted by Crippen LogP contribution is 2.45. The molecule has 0 saturated heterocycles. The van der Waals surface area contributed by atoms with Gasteiger partial charge in [-0.15, -0.1) is 29.1 Å². The number of nitrogen functional groups attached to an aromatic ring is 1. The number of azo groups is 3. The number of hydrogen-bond acceptors (Lipinski definition) is 21. The number of nitrogens with zero attached hydrogens (tertiary/aromatic N) is 9. The summed E-state index contributed by atoms with van der Waals surface area (Å²) in [6.07, 6.45) is 0. The number of nitrogens with one attached hydrogen (secondary N) is 1. The Labute approximate surface area is 396 Å². The second-order valence-electron chi connectivity index (χ2n) is 14.9. The number of methoxy groups -OCH3 is 1. The summed E-state index contributed by atoms with van der Waals surface area (Å²) in [7, 11) is 1.54. The lowest BCUT2D eigenvalue weighted by Crippen LogP contribution is -2.08. The van der Waals surface area contributed by atoms with Crippen LogP contribution in [-0.4, -0.2) is 44.5 Å². The van der Waals surface area contributed by atoms with E-state index in [0.717, 1.165) is 40.0 Å². The summed E-state index contributed by atoms with van der Waals surface area (Å²) in [4.78, 5) is 2.49. The highest BCUT2D eigenvalue weighted by atomic mass is 32.2. The molecular weight excluding hydrogens is 915 g/mol. The van der Waals surface area contributed by atoms with Crippen molar-refractivity contribution in [3.05, 3.63) is 131 Å². The summed E-state index contributed by atoms with van der Waals surface area (Å²) in [6.45, 7) is 7.71. The molecule has 0 bridgehead atoms. The molecule has 8 aromatic rings. The van der Waals surface area contributed by atoms with E-state index < -0.39 is 0 Å². The maximum atomic E-state index is 11.4. The molecule has 346 valence electrons. The molecule has 68 heavy (non-hydrogen) atoms. The fraction of sp³-hybridized carbons (Fsp3) is 0.130. The third-order valence-corrected chi connectivity index (χ3v) is 11.5. The first-order valence-corrected chi connectivity index (χ1v) is 21.8. The van der Waals surface area contributed by atoms with Crippen LogP contribution in [0.5, 0.6) is 17.2 Å². The summed E-state index contributed by atoms with van der Waals surface area (Å²) in [6, 6.07) is 32.3. The number of aryl methyl sites for hydroxylation is 4. The topological polar surface area (TPSA) is 259 Å². The Morgan fingerprint density at radius 2 is 1.25 bits per heavy atom. The van der Waals surface area contributed by atoms with Gasteiger partial charge in [0.2, 0.25) is 0 Å². The van der Waals surface area contributed by atoms with Gasteiger partial charge in [-0.25, -0.2) is 10.5 Å². The second-order valence-corrected chi connectivity index (χ2v) is 16.5. The molecule has 0 atom stereocenters. The van der Waals surface area contributed by atoms with Crippen molar-refractivity contribution < 1.29 is 43.8 Å². The average Bonchev–Trinajstić information content (AvgIpc) is 3.75. The number of hydrogen-bond donors (Lipinski definition) is 5. The van der Waals surface area contributed by atoms with Crippen LogP contribution in [0.3, 0.4) is 0 Å². The SMILES string of the molecule is COc1cc(N=Nc2cc3nn(-c4cccc(SOOO)c4)nc3cc2C)c(C)cc1N=Nc1cc(C)c(N=Nc2c(SOOO)cc3cc(NCOc4ccc(N)cc4)ccc3c2O)cc1C. The van der Waals surface area contributed by atoms with Crippen molar-refractivity contribution in [3.8, 4) is 22.9 Å². The van der Waals surface area contributed by atoms with Crippen molar-refractivity contribution in [1.82, 2.24) is 15.0 Å². The lowest BCUT2D eigenvalue weighted by molar-refractivity contribution is -0.432. The van der Waals surface area contributed by atoms with E-state index in [1.165, 1.54) is 4.80 Å². The van der Waals surface area contributed by atoms with Crippen LogP contribution < -0.4 is 20.5 Å². The molecule has 8 rings (SSSR count). The molecule has 0 aliphatic rings. The molecule has 1 heterocycles. The normalized spacial score (nSPS) is 11.8. The first-order valence-electron chi connectivity index (χ1n) is 20.3. The van der Waals surface area contributed by atoms with E-state index in [9.17, 15) is 5.11 Å². The molecule has 0 aliphatic carbocycles. The van der Waals surface area contributed by atoms with Crippen LogP contribution in [0, 0.1) is 27.7 Å². The van der Waals surface area contributed by atoms with Crippen LogP contribution in [-0.2, 0) is 18.7 Å². The van der Waals surface area contributed by atoms with Gasteiger partial charge in [-0.3, -0.25) is 0 Å². The number of phenols is 1. The molecule has 0 fully saturated rings. The third-order valence-electron chi connectivity index (χ3n) is 10.3. The fourth-order valence-corrected chi connectivity index (χ4v) is 7.67. The van der Waals surface area contributed by atoms with Crippen molar-refractivity contribution in [1.29, 1.82) is 0 Å². The lowest BCUT2D eigenvalue weighted by Gasteiger charge is -2.12. The zero-order valence-electron chi connectivity index (χ0n) is 36.8. The summed E-state index contributed by atoms with van der Waals surface area (Å²) in [5, 5.41) is 77.1. The van der Waals surface area contributed by atoms with Crippen LogP contribution in [0.25, 0.3) is 27.5 Å². The van der Waals surface area contributed by atoms with Crippen LogP contribution >= 0.6 is 24.1 Å².